The molecule has 3 N–H and O–H groups in total. The molecule has 0 saturated heterocycles. The van der Waals surface area contributed by atoms with Crippen LogP contribution in [0.15, 0.2) is 35.6 Å². The molecule has 1 aromatic carbocycles. The highest BCUT2D eigenvalue weighted by Gasteiger charge is 2.04. The molecule has 0 radical (unpaired) electrons. The number of thioether (sulfide) groups is 1. The maximum absolute atomic E-state index is 6.05. The fourth-order valence-corrected chi connectivity index (χ4v) is 1.98. The first-order valence-corrected chi connectivity index (χ1v) is 6.94. The summed E-state index contributed by atoms with van der Waals surface area (Å²) in [5, 5.41) is 4.56. The predicted octanol–water partition coefficient (Wildman–Crippen LogP) is 3.05. The third kappa shape index (κ3) is 3.05. The minimum Gasteiger partial charge on any atom is -0.383 e. The van der Waals surface area contributed by atoms with Crippen LogP contribution in [0, 0.1) is 0 Å². The summed E-state index contributed by atoms with van der Waals surface area (Å²) in [5.74, 6) is 0.494. The van der Waals surface area contributed by atoms with Crippen LogP contribution in [-0.4, -0.2) is 16.2 Å². The first-order chi connectivity index (χ1) is 8.70. The Labute approximate surface area is 115 Å². The average Bonchev–Trinajstić information content (AvgIpc) is 2.39. The first-order valence-electron chi connectivity index (χ1n) is 5.34. The second-order valence-electron chi connectivity index (χ2n) is 3.60. The van der Waals surface area contributed by atoms with E-state index in [4.69, 9.17) is 17.3 Å². The van der Waals surface area contributed by atoms with E-state index in [2.05, 4.69) is 15.3 Å². The molecule has 0 aliphatic rings. The van der Waals surface area contributed by atoms with Crippen molar-refractivity contribution < 1.29 is 0 Å². The number of nitrogen functional groups attached to an aromatic ring is 1. The van der Waals surface area contributed by atoms with Crippen LogP contribution in [0.4, 0.5) is 11.5 Å². The Morgan fingerprint density at radius 2 is 2.17 bits per heavy atom. The van der Waals surface area contributed by atoms with E-state index < -0.39 is 0 Å². The number of benzene rings is 1. The van der Waals surface area contributed by atoms with Gasteiger partial charge in [0.2, 0.25) is 0 Å². The Hall–Kier alpha value is -1.46. The molecule has 0 aliphatic heterocycles. The van der Waals surface area contributed by atoms with Gasteiger partial charge in [-0.1, -0.05) is 35.5 Å². The van der Waals surface area contributed by atoms with E-state index in [9.17, 15) is 0 Å². The number of aromatic nitrogens is 2. The molecule has 94 valence electrons. The summed E-state index contributed by atoms with van der Waals surface area (Å²) in [5.41, 5.74) is 7.58. The molecule has 0 fully saturated rings. The van der Waals surface area contributed by atoms with Crippen molar-refractivity contribution in [3.63, 3.8) is 0 Å². The van der Waals surface area contributed by atoms with Crippen molar-refractivity contribution in [3.05, 3.63) is 41.0 Å². The molecule has 4 nitrogen and oxygen atoms in total. The van der Waals surface area contributed by atoms with Crippen LogP contribution in [0.5, 0.6) is 0 Å². The van der Waals surface area contributed by atoms with Crippen molar-refractivity contribution in [1.82, 2.24) is 9.97 Å². The molecule has 0 bridgehead atoms. The monoisotopic (exact) mass is 280 g/mol. The molecule has 0 amide bonds. The van der Waals surface area contributed by atoms with Gasteiger partial charge in [0.15, 0.2) is 5.16 Å². The topological polar surface area (TPSA) is 63.8 Å². The minimum atomic E-state index is 0.494. The maximum Gasteiger partial charge on any atom is 0.189 e. The van der Waals surface area contributed by atoms with Gasteiger partial charge in [-0.05, 0) is 18.4 Å². The molecule has 18 heavy (non-hydrogen) atoms. The Balaban J connectivity index is 2.09. The van der Waals surface area contributed by atoms with E-state index in [-0.39, 0.29) is 0 Å². The highest BCUT2D eigenvalue weighted by molar-refractivity contribution is 7.98. The number of halogens is 1. The lowest BCUT2D eigenvalue weighted by Crippen LogP contribution is -2.06. The largest absolute Gasteiger partial charge is 0.383 e. The van der Waals surface area contributed by atoms with E-state index in [1.807, 2.05) is 30.5 Å². The van der Waals surface area contributed by atoms with E-state index >= 15 is 0 Å². The summed E-state index contributed by atoms with van der Waals surface area (Å²) in [7, 11) is 0. The molecule has 0 atom stereocenters. The van der Waals surface area contributed by atoms with Crippen molar-refractivity contribution in [2.75, 3.05) is 17.3 Å². The number of hydrogen-bond donors (Lipinski definition) is 2. The van der Waals surface area contributed by atoms with Crippen molar-refractivity contribution in [2.24, 2.45) is 0 Å². The fourth-order valence-electron chi connectivity index (χ4n) is 1.43. The zero-order chi connectivity index (χ0) is 13.0. The van der Waals surface area contributed by atoms with Gasteiger partial charge in [0.05, 0.1) is 10.7 Å². The first kappa shape index (κ1) is 13.0. The van der Waals surface area contributed by atoms with Gasteiger partial charge in [-0.25, -0.2) is 9.97 Å². The van der Waals surface area contributed by atoms with Crippen molar-refractivity contribution in [3.8, 4) is 0 Å². The molecular formula is C12H13ClN4S. The number of nitrogens with two attached hydrogens (primary N) is 1. The Bertz CT molecular complexity index is 547. The van der Waals surface area contributed by atoms with Gasteiger partial charge in [-0.15, -0.1) is 0 Å². The predicted molar refractivity (Wildman–Crippen MR) is 77.0 cm³/mol. The number of rotatable bonds is 4. The van der Waals surface area contributed by atoms with Crippen molar-refractivity contribution in [1.29, 1.82) is 0 Å². The third-order valence-corrected chi connectivity index (χ3v) is 3.29. The van der Waals surface area contributed by atoms with Gasteiger partial charge in [0, 0.05) is 18.3 Å². The standard InChI is InChI=1S/C12H13ClN4S/c1-18-12-16-7-8(11(14)17-12)6-15-10-5-3-2-4-9(10)13/h2-5,7,15H,6H2,1H3,(H2,14,16,17). The van der Waals surface area contributed by atoms with Gasteiger partial charge in [0.1, 0.15) is 5.82 Å². The molecule has 0 aliphatic carbocycles. The molecule has 2 rings (SSSR count). The van der Waals surface area contributed by atoms with Crippen molar-refractivity contribution >= 4 is 34.9 Å². The number of hydrogen-bond acceptors (Lipinski definition) is 5. The number of anilines is 2. The Kier molecular flexibility index (Phi) is 4.28. The van der Waals surface area contributed by atoms with Gasteiger partial charge < -0.3 is 11.1 Å². The summed E-state index contributed by atoms with van der Waals surface area (Å²) in [6, 6.07) is 7.55. The van der Waals surface area contributed by atoms with Gasteiger partial charge >= 0.3 is 0 Å². The molecule has 0 spiro atoms. The molecule has 0 saturated carbocycles. The van der Waals surface area contributed by atoms with E-state index in [1.54, 1.807) is 6.20 Å². The summed E-state index contributed by atoms with van der Waals surface area (Å²) in [4.78, 5) is 8.37. The van der Waals surface area contributed by atoms with Gasteiger partial charge in [-0.2, -0.15) is 0 Å². The van der Waals surface area contributed by atoms with Crippen LogP contribution in [0.1, 0.15) is 5.56 Å². The lowest BCUT2D eigenvalue weighted by molar-refractivity contribution is 0.941. The van der Waals surface area contributed by atoms with E-state index in [1.165, 1.54) is 11.8 Å². The molecular weight excluding hydrogens is 268 g/mol. The molecule has 2 aromatic rings. The van der Waals surface area contributed by atoms with Gasteiger partial charge in [0.25, 0.3) is 0 Å². The quantitative estimate of drug-likeness (QED) is 0.666. The third-order valence-electron chi connectivity index (χ3n) is 2.40. The lowest BCUT2D eigenvalue weighted by Gasteiger charge is -2.09. The summed E-state index contributed by atoms with van der Waals surface area (Å²) in [6.07, 6.45) is 3.65. The number of nitrogens with one attached hydrogen (secondary N) is 1. The molecule has 0 unspecified atom stereocenters. The molecule has 1 aromatic heterocycles. The zero-order valence-corrected chi connectivity index (χ0v) is 11.4. The van der Waals surface area contributed by atoms with Crippen LogP contribution in [0.3, 0.4) is 0 Å². The van der Waals surface area contributed by atoms with Crippen LogP contribution < -0.4 is 11.1 Å². The summed E-state index contributed by atoms with van der Waals surface area (Å²) < 4.78 is 0. The van der Waals surface area contributed by atoms with Gasteiger partial charge in [-0.3, -0.25) is 0 Å². The highest BCUT2D eigenvalue weighted by atomic mass is 35.5. The van der Waals surface area contributed by atoms with E-state index in [0.29, 0.717) is 22.5 Å². The number of para-hydroxylation sites is 1. The zero-order valence-electron chi connectivity index (χ0n) is 9.85. The second-order valence-corrected chi connectivity index (χ2v) is 4.78. The van der Waals surface area contributed by atoms with Crippen LogP contribution in [0.2, 0.25) is 5.02 Å². The molecule has 1 heterocycles. The fraction of sp³-hybridized carbons (Fsp3) is 0.167. The van der Waals surface area contributed by atoms with Crippen molar-refractivity contribution in [2.45, 2.75) is 11.7 Å². The smallest absolute Gasteiger partial charge is 0.189 e. The van der Waals surface area contributed by atoms with Crippen LogP contribution >= 0.6 is 23.4 Å². The second kappa shape index (κ2) is 5.93. The average molecular weight is 281 g/mol. The maximum atomic E-state index is 6.05. The van der Waals surface area contributed by atoms with Crippen LogP contribution in [0.25, 0.3) is 0 Å². The summed E-state index contributed by atoms with van der Waals surface area (Å²) >= 11 is 7.51. The minimum absolute atomic E-state index is 0.494. The Morgan fingerprint density at radius 1 is 1.39 bits per heavy atom. The SMILES string of the molecule is CSc1ncc(CNc2ccccc2Cl)c(N)n1. The lowest BCUT2D eigenvalue weighted by atomic mass is 10.2. The van der Waals surface area contributed by atoms with Crippen LogP contribution in [-0.2, 0) is 6.54 Å². The summed E-state index contributed by atoms with van der Waals surface area (Å²) in [6.45, 7) is 0.546. The number of nitrogens with zero attached hydrogens (tertiary/aromatic N) is 2. The molecule has 6 heteroatoms. The normalized spacial score (nSPS) is 10.3. The van der Waals surface area contributed by atoms with E-state index in [0.717, 1.165) is 11.3 Å². The highest BCUT2D eigenvalue weighted by Crippen LogP contribution is 2.22. The Morgan fingerprint density at radius 3 is 2.83 bits per heavy atom.